The highest BCUT2D eigenvalue weighted by Gasteiger charge is 2.24. The minimum Gasteiger partial charge on any atom is -0.314 e. The largest absolute Gasteiger partial charge is 0.314 e. The lowest BCUT2D eigenvalue weighted by atomic mass is 9.94. The van der Waals surface area contributed by atoms with Gasteiger partial charge in [-0.05, 0) is 31.2 Å². The van der Waals surface area contributed by atoms with E-state index in [2.05, 4.69) is 30.1 Å². The number of nitro groups is 1. The first kappa shape index (κ1) is 23.1. The zero-order valence-corrected chi connectivity index (χ0v) is 16.3. The quantitative estimate of drug-likeness (QED) is 0.597. The van der Waals surface area contributed by atoms with E-state index in [1.54, 1.807) is 13.0 Å². The first-order chi connectivity index (χ1) is 10.5. The molecule has 0 saturated carbocycles. The summed E-state index contributed by atoms with van der Waals surface area (Å²) in [6.07, 6.45) is 2.19. The molecular weight excluding hydrogens is 349 g/mol. The van der Waals surface area contributed by atoms with Crippen molar-refractivity contribution in [1.82, 2.24) is 10.2 Å². The van der Waals surface area contributed by atoms with Gasteiger partial charge in [0, 0.05) is 43.9 Å². The topological polar surface area (TPSA) is 58.4 Å². The van der Waals surface area contributed by atoms with Crippen molar-refractivity contribution in [1.29, 1.82) is 0 Å². The standard InChI is InChI=1S/C17H27N3O2.2ClH/c1-13(2)4-7-16(19-10-8-18-9-11-19)15-6-5-14(3)17(12-15)20(21)22;;/h5-6,12-13,16,18H,4,7-11H2,1-3H3;2*1H/t16-;;/m0../s1. The lowest BCUT2D eigenvalue weighted by Gasteiger charge is -2.35. The van der Waals surface area contributed by atoms with Crippen LogP contribution in [0.5, 0.6) is 0 Å². The van der Waals surface area contributed by atoms with E-state index in [0.717, 1.165) is 50.1 Å². The highest BCUT2D eigenvalue weighted by molar-refractivity contribution is 5.85. The molecule has 1 N–H and O–H groups in total. The Morgan fingerprint density at radius 1 is 1.21 bits per heavy atom. The molecule has 5 nitrogen and oxygen atoms in total. The normalized spacial score (nSPS) is 16.2. The van der Waals surface area contributed by atoms with E-state index in [1.165, 1.54) is 0 Å². The van der Waals surface area contributed by atoms with Gasteiger partial charge in [0.1, 0.15) is 0 Å². The molecule has 1 aromatic rings. The van der Waals surface area contributed by atoms with Crippen molar-refractivity contribution < 1.29 is 4.92 Å². The van der Waals surface area contributed by atoms with Crippen LogP contribution in [-0.4, -0.2) is 36.0 Å². The van der Waals surface area contributed by atoms with E-state index >= 15 is 0 Å². The van der Waals surface area contributed by atoms with Gasteiger partial charge in [0.25, 0.3) is 5.69 Å². The summed E-state index contributed by atoms with van der Waals surface area (Å²) in [5, 5.41) is 14.6. The Bertz CT molecular complexity index is 521. The molecule has 1 atom stereocenters. The van der Waals surface area contributed by atoms with Gasteiger partial charge in [0.05, 0.1) is 4.92 Å². The molecule has 0 spiro atoms. The maximum atomic E-state index is 11.2. The van der Waals surface area contributed by atoms with Crippen LogP contribution in [0.25, 0.3) is 0 Å². The van der Waals surface area contributed by atoms with Gasteiger partial charge in [-0.1, -0.05) is 26.0 Å². The molecule has 0 unspecified atom stereocenters. The van der Waals surface area contributed by atoms with Crippen molar-refractivity contribution >= 4 is 30.5 Å². The molecule has 2 rings (SSSR count). The number of nitrogens with one attached hydrogen (secondary N) is 1. The third-order valence-electron chi connectivity index (χ3n) is 4.42. The monoisotopic (exact) mass is 377 g/mol. The van der Waals surface area contributed by atoms with Gasteiger partial charge in [-0.15, -0.1) is 24.8 Å². The van der Waals surface area contributed by atoms with Gasteiger partial charge < -0.3 is 5.32 Å². The number of aryl methyl sites for hydroxylation is 1. The van der Waals surface area contributed by atoms with Crippen molar-refractivity contribution in [3.8, 4) is 0 Å². The number of piperazine rings is 1. The molecule has 0 aromatic heterocycles. The predicted molar refractivity (Wildman–Crippen MR) is 104 cm³/mol. The van der Waals surface area contributed by atoms with Gasteiger partial charge in [-0.3, -0.25) is 15.0 Å². The first-order valence-electron chi connectivity index (χ1n) is 8.18. The molecule has 1 aromatic carbocycles. The van der Waals surface area contributed by atoms with Crippen LogP contribution < -0.4 is 5.32 Å². The van der Waals surface area contributed by atoms with E-state index < -0.39 is 0 Å². The molecule has 1 heterocycles. The average Bonchev–Trinajstić information content (AvgIpc) is 2.49. The fourth-order valence-corrected chi connectivity index (χ4v) is 3.08. The van der Waals surface area contributed by atoms with Crippen LogP contribution in [0.3, 0.4) is 0 Å². The molecule has 1 aliphatic heterocycles. The molecule has 1 saturated heterocycles. The second-order valence-electron chi connectivity index (χ2n) is 6.58. The van der Waals surface area contributed by atoms with Crippen molar-refractivity contribution in [2.24, 2.45) is 5.92 Å². The predicted octanol–water partition coefficient (Wildman–Crippen LogP) is 4.13. The molecule has 138 valence electrons. The van der Waals surface area contributed by atoms with Crippen LogP contribution >= 0.6 is 24.8 Å². The lowest BCUT2D eigenvalue weighted by molar-refractivity contribution is -0.385. The number of hydrogen-bond acceptors (Lipinski definition) is 4. The zero-order valence-electron chi connectivity index (χ0n) is 14.7. The molecule has 24 heavy (non-hydrogen) atoms. The number of rotatable bonds is 6. The minimum atomic E-state index is -0.268. The first-order valence-corrected chi connectivity index (χ1v) is 8.18. The Morgan fingerprint density at radius 3 is 2.38 bits per heavy atom. The molecular formula is C17H29Cl2N3O2. The number of benzene rings is 1. The summed E-state index contributed by atoms with van der Waals surface area (Å²) in [7, 11) is 0. The Balaban J connectivity index is 0.00000264. The summed E-state index contributed by atoms with van der Waals surface area (Å²) in [5.74, 6) is 0.644. The SMILES string of the molecule is Cc1ccc([C@H](CCC(C)C)N2CCNCC2)cc1[N+](=O)[O-].Cl.Cl. The summed E-state index contributed by atoms with van der Waals surface area (Å²) in [4.78, 5) is 13.4. The Morgan fingerprint density at radius 2 is 1.83 bits per heavy atom. The van der Waals surface area contributed by atoms with Gasteiger partial charge in [-0.2, -0.15) is 0 Å². The lowest BCUT2D eigenvalue weighted by Crippen LogP contribution is -2.45. The fourth-order valence-electron chi connectivity index (χ4n) is 3.08. The smallest absolute Gasteiger partial charge is 0.272 e. The highest BCUT2D eigenvalue weighted by atomic mass is 35.5. The van der Waals surface area contributed by atoms with Crippen LogP contribution in [0.1, 0.15) is 43.9 Å². The molecule has 0 amide bonds. The summed E-state index contributed by atoms with van der Waals surface area (Å²) in [5.41, 5.74) is 2.05. The van der Waals surface area contributed by atoms with Crippen LogP contribution in [0.2, 0.25) is 0 Å². The van der Waals surface area contributed by atoms with Crippen LogP contribution in [0.15, 0.2) is 18.2 Å². The average molecular weight is 378 g/mol. The van der Waals surface area contributed by atoms with Crippen LogP contribution in [0.4, 0.5) is 5.69 Å². The van der Waals surface area contributed by atoms with Crippen molar-refractivity contribution in [2.75, 3.05) is 26.2 Å². The Hall–Kier alpha value is -0.880. The third kappa shape index (κ3) is 6.20. The summed E-state index contributed by atoms with van der Waals surface area (Å²) >= 11 is 0. The summed E-state index contributed by atoms with van der Waals surface area (Å²) in [6.45, 7) is 10.3. The number of hydrogen-bond donors (Lipinski definition) is 1. The number of halogens is 2. The zero-order chi connectivity index (χ0) is 16.1. The van der Waals surface area contributed by atoms with E-state index in [-0.39, 0.29) is 41.5 Å². The molecule has 7 heteroatoms. The van der Waals surface area contributed by atoms with E-state index in [0.29, 0.717) is 5.92 Å². The van der Waals surface area contributed by atoms with E-state index in [4.69, 9.17) is 0 Å². The second kappa shape index (κ2) is 10.9. The second-order valence-corrected chi connectivity index (χ2v) is 6.58. The Labute approximate surface area is 157 Å². The van der Waals surface area contributed by atoms with Gasteiger partial charge in [0.15, 0.2) is 0 Å². The minimum absolute atomic E-state index is 0. The summed E-state index contributed by atoms with van der Waals surface area (Å²) in [6, 6.07) is 6.01. The number of nitro benzene ring substituents is 1. The van der Waals surface area contributed by atoms with E-state index in [9.17, 15) is 10.1 Å². The fraction of sp³-hybridized carbons (Fsp3) is 0.647. The Kier molecular flexibility index (Phi) is 10.5. The van der Waals surface area contributed by atoms with Crippen molar-refractivity contribution in [2.45, 2.75) is 39.7 Å². The van der Waals surface area contributed by atoms with Gasteiger partial charge in [-0.25, -0.2) is 0 Å². The molecule has 0 bridgehead atoms. The molecule has 1 aliphatic rings. The van der Waals surface area contributed by atoms with E-state index in [1.807, 2.05) is 6.07 Å². The van der Waals surface area contributed by atoms with Crippen molar-refractivity contribution in [3.05, 3.63) is 39.4 Å². The van der Waals surface area contributed by atoms with Crippen molar-refractivity contribution in [3.63, 3.8) is 0 Å². The maximum Gasteiger partial charge on any atom is 0.272 e. The molecule has 0 radical (unpaired) electrons. The summed E-state index contributed by atoms with van der Waals surface area (Å²) < 4.78 is 0. The van der Waals surface area contributed by atoms with Gasteiger partial charge in [0.2, 0.25) is 0 Å². The van der Waals surface area contributed by atoms with Crippen LogP contribution in [-0.2, 0) is 0 Å². The van der Waals surface area contributed by atoms with Gasteiger partial charge >= 0.3 is 0 Å². The van der Waals surface area contributed by atoms with Crippen LogP contribution in [0, 0.1) is 23.0 Å². The highest BCUT2D eigenvalue weighted by Crippen LogP contribution is 2.31. The third-order valence-corrected chi connectivity index (χ3v) is 4.42. The number of nitrogens with zero attached hydrogens (tertiary/aromatic N) is 2. The maximum absolute atomic E-state index is 11.2. The molecule has 1 fully saturated rings. The molecule has 0 aliphatic carbocycles.